The van der Waals surface area contributed by atoms with E-state index in [0.717, 1.165) is 5.56 Å². The second-order valence-corrected chi connectivity index (χ2v) is 4.49. The van der Waals surface area contributed by atoms with Crippen molar-refractivity contribution in [2.75, 3.05) is 13.7 Å². The highest BCUT2D eigenvalue weighted by atomic mass is 19.3. The SMILES string of the molecule is COC(=O)[C@@H]1CC(F)(F)CN1Cc1ccccc1. The molecule has 5 heteroatoms. The summed E-state index contributed by atoms with van der Waals surface area (Å²) in [5.41, 5.74) is 0.907. The third kappa shape index (κ3) is 2.85. The van der Waals surface area contributed by atoms with Gasteiger partial charge in [0.25, 0.3) is 5.92 Å². The predicted octanol–water partition coefficient (Wildman–Crippen LogP) is 2.07. The molecule has 0 spiro atoms. The first-order valence-electron chi connectivity index (χ1n) is 5.75. The summed E-state index contributed by atoms with van der Waals surface area (Å²) in [6.45, 7) is -0.0716. The van der Waals surface area contributed by atoms with Crippen LogP contribution in [0.15, 0.2) is 30.3 Å². The fourth-order valence-electron chi connectivity index (χ4n) is 2.24. The van der Waals surface area contributed by atoms with E-state index in [4.69, 9.17) is 0 Å². The van der Waals surface area contributed by atoms with Gasteiger partial charge in [-0.3, -0.25) is 9.69 Å². The second kappa shape index (κ2) is 5.02. The Balaban J connectivity index is 2.12. The number of carbonyl (C=O) groups excluding carboxylic acids is 1. The number of alkyl halides is 2. The normalized spacial score (nSPS) is 22.9. The maximum atomic E-state index is 13.4. The van der Waals surface area contributed by atoms with Crippen molar-refractivity contribution in [3.05, 3.63) is 35.9 Å². The van der Waals surface area contributed by atoms with Gasteiger partial charge >= 0.3 is 5.97 Å². The van der Waals surface area contributed by atoms with Gasteiger partial charge in [-0.05, 0) is 5.56 Å². The number of hydrogen-bond donors (Lipinski definition) is 0. The van der Waals surface area contributed by atoms with Crippen molar-refractivity contribution in [3.63, 3.8) is 0 Å². The lowest BCUT2D eigenvalue weighted by Gasteiger charge is -2.21. The van der Waals surface area contributed by atoms with Crippen LogP contribution in [0.2, 0.25) is 0 Å². The van der Waals surface area contributed by atoms with E-state index in [1.165, 1.54) is 12.0 Å². The zero-order chi connectivity index (χ0) is 13.2. The van der Waals surface area contributed by atoms with Crippen LogP contribution in [0.25, 0.3) is 0 Å². The van der Waals surface area contributed by atoms with Crippen molar-refractivity contribution < 1.29 is 18.3 Å². The van der Waals surface area contributed by atoms with Crippen LogP contribution in [0.1, 0.15) is 12.0 Å². The first kappa shape index (κ1) is 13.0. The Bertz CT molecular complexity index is 422. The van der Waals surface area contributed by atoms with Crippen LogP contribution in [0.5, 0.6) is 0 Å². The average molecular weight is 255 g/mol. The van der Waals surface area contributed by atoms with Gasteiger partial charge in [-0.25, -0.2) is 8.78 Å². The predicted molar refractivity (Wildman–Crippen MR) is 62.2 cm³/mol. The fourth-order valence-corrected chi connectivity index (χ4v) is 2.24. The van der Waals surface area contributed by atoms with E-state index >= 15 is 0 Å². The quantitative estimate of drug-likeness (QED) is 0.774. The van der Waals surface area contributed by atoms with Crippen molar-refractivity contribution in [1.29, 1.82) is 0 Å². The van der Waals surface area contributed by atoms with E-state index in [9.17, 15) is 13.6 Å². The molecule has 0 bridgehead atoms. The monoisotopic (exact) mass is 255 g/mol. The number of benzene rings is 1. The molecule has 2 rings (SSSR count). The number of carbonyl (C=O) groups is 1. The zero-order valence-corrected chi connectivity index (χ0v) is 10.1. The van der Waals surface area contributed by atoms with E-state index in [1.807, 2.05) is 30.3 Å². The Kier molecular flexibility index (Phi) is 3.61. The summed E-state index contributed by atoms with van der Waals surface area (Å²) in [5.74, 6) is -3.42. The van der Waals surface area contributed by atoms with Crippen LogP contribution in [0, 0.1) is 0 Å². The lowest BCUT2D eigenvalue weighted by atomic mass is 10.1. The molecule has 1 fully saturated rings. The number of likely N-dealkylation sites (tertiary alicyclic amines) is 1. The minimum absolute atomic E-state index is 0.330. The van der Waals surface area contributed by atoms with Crippen LogP contribution >= 0.6 is 0 Å². The summed E-state index contributed by atoms with van der Waals surface area (Å²) < 4.78 is 31.4. The number of ether oxygens (including phenoxy) is 1. The number of halogens is 2. The molecule has 1 aromatic carbocycles. The van der Waals surface area contributed by atoms with Crippen molar-refractivity contribution in [1.82, 2.24) is 4.90 Å². The molecule has 3 nitrogen and oxygen atoms in total. The first-order chi connectivity index (χ1) is 8.52. The van der Waals surface area contributed by atoms with Gasteiger partial charge in [-0.2, -0.15) is 0 Å². The van der Waals surface area contributed by atoms with E-state index in [1.54, 1.807) is 0 Å². The average Bonchev–Trinajstić information content (AvgIpc) is 2.65. The van der Waals surface area contributed by atoms with Gasteiger partial charge < -0.3 is 4.74 Å². The molecule has 1 aromatic rings. The smallest absolute Gasteiger partial charge is 0.323 e. The topological polar surface area (TPSA) is 29.5 Å². The molecule has 0 aliphatic carbocycles. The third-order valence-corrected chi connectivity index (χ3v) is 3.07. The van der Waals surface area contributed by atoms with Crippen LogP contribution in [-0.2, 0) is 16.1 Å². The molecule has 0 saturated carbocycles. The van der Waals surface area contributed by atoms with Gasteiger partial charge in [0.15, 0.2) is 0 Å². The summed E-state index contributed by atoms with van der Waals surface area (Å²) in [5, 5.41) is 0. The summed E-state index contributed by atoms with van der Waals surface area (Å²) >= 11 is 0. The van der Waals surface area contributed by atoms with Gasteiger partial charge in [0.2, 0.25) is 0 Å². The molecule has 0 unspecified atom stereocenters. The maximum Gasteiger partial charge on any atom is 0.323 e. The molecule has 98 valence electrons. The highest BCUT2D eigenvalue weighted by molar-refractivity contribution is 5.76. The largest absolute Gasteiger partial charge is 0.468 e. The fraction of sp³-hybridized carbons (Fsp3) is 0.462. The Morgan fingerprint density at radius 2 is 2.11 bits per heavy atom. The Morgan fingerprint density at radius 3 is 2.72 bits per heavy atom. The van der Waals surface area contributed by atoms with Gasteiger partial charge in [0.1, 0.15) is 6.04 Å². The Hall–Kier alpha value is -1.49. The Labute approximate surface area is 104 Å². The number of rotatable bonds is 3. The molecular formula is C13H15F2NO2. The molecule has 0 aromatic heterocycles. The van der Waals surface area contributed by atoms with Crippen molar-refractivity contribution >= 4 is 5.97 Å². The highest BCUT2D eigenvalue weighted by Crippen LogP contribution is 2.33. The molecule has 0 N–H and O–H groups in total. The Morgan fingerprint density at radius 1 is 1.44 bits per heavy atom. The lowest BCUT2D eigenvalue weighted by Crippen LogP contribution is -2.36. The molecule has 1 saturated heterocycles. The third-order valence-electron chi connectivity index (χ3n) is 3.07. The summed E-state index contributed by atoms with van der Waals surface area (Å²) in [7, 11) is 1.22. The molecule has 18 heavy (non-hydrogen) atoms. The number of methoxy groups -OCH3 is 1. The first-order valence-corrected chi connectivity index (χ1v) is 5.75. The molecule has 1 aliphatic heterocycles. The van der Waals surface area contributed by atoms with E-state index in [-0.39, 0.29) is 0 Å². The van der Waals surface area contributed by atoms with Crippen molar-refractivity contribution in [3.8, 4) is 0 Å². The number of hydrogen-bond acceptors (Lipinski definition) is 3. The summed E-state index contributed by atoms with van der Waals surface area (Å²) in [6.07, 6.45) is -0.466. The zero-order valence-electron chi connectivity index (χ0n) is 10.1. The van der Waals surface area contributed by atoms with Crippen molar-refractivity contribution in [2.45, 2.75) is 24.9 Å². The second-order valence-electron chi connectivity index (χ2n) is 4.49. The van der Waals surface area contributed by atoms with E-state index in [0.29, 0.717) is 6.54 Å². The van der Waals surface area contributed by atoms with Crippen molar-refractivity contribution in [2.24, 2.45) is 0 Å². The van der Waals surface area contributed by atoms with E-state index in [2.05, 4.69) is 4.74 Å². The molecule has 1 atom stereocenters. The summed E-state index contributed by atoms with van der Waals surface area (Å²) in [4.78, 5) is 13.0. The molecule has 1 aliphatic rings. The molecule has 0 amide bonds. The molecular weight excluding hydrogens is 240 g/mol. The number of esters is 1. The lowest BCUT2D eigenvalue weighted by molar-refractivity contribution is -0.146. The van der Waals surface area contributed by atoms with Crippen LogP contribution in [0.4, 0.5) is 8.78 Å². The minimum Gasteiger partial charge on any atom is -0.468 e. The van der Waals surface area contributed by atoms with Gasteiger partial charge in [-0.15, -0.1) is 0 Å². The maximum absolute atomic E-state index is 13.4. The van der Waals surface area contributed by atoms with E-state index < -0.39 is 30.9 Å². The molecule has 1 heterocycles. The number of nitrogens with zero attached hydrogens (tertiary/aromatic N) is 1. The van der Waals surface area contributed by atoms with Gasteiger partial charge in [0, 0.05) is 13.0 Å². The standard InChI is InChI=1S/C13H15F2NO2/c1-18-12(17)11-7-13(14,15)9-16(11)8-10-5-3-2-4-6-10/h2-6,11H,7-9H2,1H3/t11-/m0/s1. The highest BCUT2D eigenvalue weighted by Gasteiger charge is 2.48. The van der Waals surface area contributed by atoms with Crippen LogP contribution < -0.4 is 0 Å². The van der Waals surface area contributed by atoms with Gasteiger partial charge in [0.05, 0.1) is 13.7 Å². The molecule has 0 radical (unpaired) electrons. The van der Waals surface area contributed by atoms with Crippen LogP contribution in [0.3, 0.4) is 0 Å². The van der Waals surface area contributed by atoms with Gasteiger partial charge in [-0.1, -0.05) is 30.3 Å². The summed E-state index contributed by atoms with van der Waals surface area (Å²) in [6, 6.07) is 8.40. The van der Waals surface area contributed by atoms with Crippen LogP contribution in [-0.4, -0.2) is 36.5 Å². The minimum atomic E-state index is -2.83.